The van der Waals surface area contributed by atoms with Crippen LogP contribution in [0.4, 0.5) is 0 Å². The molecule has 1 fully saturated rings. The van der Waals surface area contributed by atoms with Crippen LogP contribution >= 0.6 is 0 Å². The zero-order valence-corrected chi connectivity index (χ0v) is 13.9. The number of hydrogen-bond donors (Lipinski definition) is 1. The maximum absolute atomic E-state index is 3.41. The summed E-state index contributed by atoms with van der Waals surface area (Å²) in [4.78, 5) is 0. The molecule has 0 radical (unpaired) electrons. The highest BCUT2D eigenvalue weighted by molar-refractivity contribution is 5.32. The minimum absolute atomic E-state index is 0.739. The summed E-state index contributed by atoms with van der Waals surface area (Å²) in [7, 11) is 2.09. The molecule has 1 aromatic rings. The van der Waals surface area contributed by atoms with Gasteiger partial charge in [0.15, 0.2) is 0 Å². The lowest BCUT2D eigenvalue weighted by molar-refractivity contribution is 0.192. The van der Waals surface area contributed by atoms with Gasteiger partial charge in [-0.15, -0.1) is 0 Å². The molecule has 1 heteroatoms. The van der Waals surface area contributed by atoms with Crippen molar-refractivity contribution in [3.8, 4) is 0 Å². The van der Waals surface area contributed by atoms with Gasteiger partial charge < -0.3 is 5.32 Å². The molecular formula is C19H31N. The van der Waals surface area contributed by atoms with Crippen molar-refractivity contribution in [2.75, 3.05) is 13.6 Å². The van der Waals surface area contributed by atoms with Crippen LogP contribution in [0.1, 0.15) is 55.7 Å². The van der Waals surface area contributed by atoms with E-state index >= 15 is 0 Å². The summed E-state index contributed by atoms with van der Waals surface area (Å²) in [5.74, 6) is 3.26. The monoisotopic (exact) mass is 273 g/mol. The van der Waals surface area contributed by atoms with Crippen LogP contribution in [0.3, 0.4) is 0 Å². The van der Waals surface area contributed by atoms with Crippen molar-refractivity contribution in [3.63, 3.8) is 0 Å². The van der Waals surface area contributed by atoms with Crippen LogP contribution in [-0.2, 0) is 0 Å². The molecule has 3 atom stereocenters. The third kappa shape index (κ3) is 3.44. The van der Waals surface area contributed by atoms with Crippen LogP contribution in [0.25, 0.3) is 0 Å². The number of aryl methyl sites for hydroxylation is 2. The summed E-state index contributed by atoms with van der Waals surface area (Å²) in [6.07, 6.45) is 4.15. The van der Waals surface area contributed by atoms with Gasteiger partial charge in [0, 0.05) is 0 Å². The van der Waals surface area contributed by atoms with Gasteiger partial charge in [-0.05, 0) is 87.1 Å². The molecule has 0 aromatic heterocycles. The topological polar surface area (TPSA) is 12.0 Å². The van der Waals surface area contributed by atoms with Crippen LogP contribution in [0.15, 0.2) is 18.2 Å². The Balaban J connectivity index is 2.23. The minimum atomic E-state index is 0.739. The fourth-order valence-electron chi connectivity index (χ4n) is 3.78. The standard InChI is InChI=1S/C19H31N/c1-13(2)16-8-9-18(12-20-5)19(11-16)17-7-6-14(3)15(4)10-17/h6-7,10,13,16,18-20H,8-9,11-12H2,1-5H3. The van der Waals surface area contributed by atoms with Gasteiger partial charge in [-0.25, -0.2) is 0 Å². The van der Waals surface area contributed by atoms with E-state index in [4.69, 9.17) is 0 Å². The highest BCUT2D eigenvalue weighted by Crippen LogP contribution is 2.43. The molecule has 0 spiro atoms. The smallest absolute Gasteiger partial charge is 0.00177 e. The normalized spacial score (nSPS) is 27.0. The first-order valence-electron chi connectivity index (χ1n) is 8.24. The van der Waals surface area contributed by atoms with Crippen LogP contribution < -0.4 is 5.32 Å². The van der Waals surface area contributed by atoms with Crippen LogP contribution in [-0.4, -0.2) is 13.6 Å². The fraction of sp³-hybridized carbons (Fsp3) is 0.684. The second-order valence-corrected chi connectivity index (χ2v) is 7.09. The molecule has 0 amide bonds. The van der Waals surface area contributed by atoms with E-state index in [2.05, 4.69) is 58.3 Å². The van der Waals surface area contributed by atoms with Gasteiger partial charge in [0.25, 0.3) is 0 Å². The molecule has 0 bridgehead atoms. The molecule has 0 aliphatic heterocycles. The Morgan fingerprint density at radius 3 is 2.50 bits per heavy atom. The second-order valence-electron chi connectivity index (χ2n) is 7.09. The van der Waals surface area contributed by atoms with E-state index in [0.29, 0.717) is 0 Å². The van der Waals surface area contributed by atoms with Gasteiger partial charge in [-0.3, -0.25) is 0 Å². The summed E-state index contributed by atoms with van der Waals surface area (Å²) in [5.41, 5.74) is 4.42. The lowest BCUT2D eigenvalue weighted by atomic mass is 9.68. The van der Waals surface area contributed by atoms with Crippen molar-refractivity contribution >= 4 is 0 Å². The average molecular weight is 273 g/mol. The lowest BCUT2D eigenvalue weighted by Gasteiger charge is -2.38. The van der Waals surface area contributed by atoms with Gasteiger partial charge in [-0.2, -0.15) is 0 Å². The molecule has 3 unspecified atom stereocenters. The summed E-state index contributed by atoms with van der Waals surface area (Å²) < 4.78 is 0. The molecule has 2 rings (SSSR count). The van der Waals surface area contributed by atoms with Gasteiger partial charge in [-0.1, -0.05) is 32.0 Å². The highest BCUT2D eigenvalue weighted by atomic mass is 14.8. The number of nitrogens with one attached hydrogen (secondary N) is 1. The molecular weight excluding hydrogens is 242 g/mol. The Morgan fingerprint density at radius 2 is 1.90 bits per heavy atom. The van der Waals surface area contributed by atoms with Crippen molar-refractivity contribution in [1.29, 1.82) is 0 Å². The van der Waals surface area contributed by atoms with Gasteiger partial charge in [0.05, 0.1) is 0 Å². The van der Waals surface area contributed by atoms with Gasteiger partial charge >= 0.3 is 0 Å². The van der Waals surface area contributed by atoms with Gasteiger partial charge in [0.1, 0.15) is 0 Å². The van der Waals surface area contributed by atoms with Crippen LogP contribution in [0.5, 0.6) is 0 Å². The molecule has 0 heterocycles. The molecule has 0 saturated heterocycles. The molecule has 112 valence electrons. The zero-order valence-electron chi connectivity index (χ0n) is 13.9. The van der Waals surface area contributed by atoms with E-state index in [9.17, 15) is 0 Å². The molecule has 1 nitrogen and oxygen atoms in total. The van der Waals surface area contributed by atoms with E-state index < -0.39 is 0 Å². The Labute approximate surface area is 125 Å². The first-order chi connectivity index (χ1) is 9.52. The van der Waals surface area contributed by atoms with Crippen molar-refractivity contribution in [3.05, 3.63) is 34.9 Å². The minimum Gasteiger partial charge on any atom is -0.319 e. The summed E-state index contributed by atoms with van der Waals surface area (Å²) in [5, 5.41) is 3.41. The first kappa shape index (κ1) is 15.6. The van der Waals surface area contributed by atoms with E-state index in [1.165, 1.54) is 30.4 Å². The van der Waals surface area contributed by atoms with Crippen LogP contribution in [0, 0.1) is 31.6 Å². The largest absolute Gasteiger partial charge is 0.319 e. The van der Waals surface area contributed by atoms with E-state index in [-0.39, 0.29) is 0 Å². The molecule has 20 heavy (non-hydrogen) atoms. The van der Waals surface area contributed by atoms with Crippen LogP contribution in [0.2, 0.25) is 0 Å². The summed E-state index contributed by atoms with van der Waals surface area (Å²) >= 11 is 0. The van der Waals surface area contributed by atoms with Crippen molar-refractivity contribution < 1.29 is 0 Å². The fourth-order valence-corrected chi connectivity index (χ4v) is 3.78. The molecule has 1 N–H and O–H groups in total. The maximum atomic E-state index is 3.41. The van der Waals surface area contributed by atoms with Crippen molar-refractivity contribution in [1.82, 2.24) is 5.32 Å². The second kappa shape index (κ2) is 6.76. The Morgan fingerprint density at radius 1 is 1.15 bits per heavy atom. The lowest BCUT2D eigenvalue weighted by Crippen LogP contribution is -2.32. The number of benzene rings is 1. The third-order valence-corrected chi connectivity index (χ3v) is 5.40. The number of rotatable bonds is 4. The average Bonchev–Trinajstić information content (AvgIpc) is 2.42. The zero-order chi connectivity index (χ0) is 14.7. The maximum Gasteiger partial charge on any atom is -0.00177 e. The quantitative estimate of drug-likeness (QED) is 0.840. The van der Waals surface area contributed by atoms with Gasteiger partial charge in [0.2, 0.25) is 0 Å². The predicted octanol–water partition coefficient (Wildman–Crippen LogP) is 4.68. The summed E-state index contributed by atoms with van der Waals surface area (Å²) in [6, 6.07) is 7.11. The first-order valence-corrected chi connectivity index (χ1v) is 8.24. The van der Waals surface area contributed by atoms with Crippen molar-refractivity contribution in [2.45, 2.75) is 52.9 Å². The molecule has 1 saturated carbocycles. The molecule has 1 aliphatic rings. The number of hydrogen-bond acceptors (Lipinski definition) is 1. The predicted molar refractivity (Wildman–Crippen MR) is 88.3 cm³/mol. The summed E-state index contributed by atoms with van der Waals surface area (Å²) in [6.45, 7) is 10.4. The van der Waals surface area contributed by atoms with E-state index in [0.717, 1.165) is 30.2 Å². The Hall–Kier alpha value is -0.820. The van der Waals surface area contributed by atoms with E-state index in [1.807, 2.05) is 0 Å². The Bertz CT molecular complexity index is 435. The SMILES string of the molecule is CNCC1CCC(C(C)C)CC1c1ccc(C)c(C)c1. The molecule has 1 aromatic carbocycles. The Kier molecular flexibility index (Phi) is 5.26. The van der Waals surface area contributed by atoms with Crippen molar-refractivity contribution in [2.24, 2.45) is 17.8 Å². The third-order valence-electron chi connectivity index (χ3n) is 5.40. The molecule has 1 aliphatic carbocycles. The highest BCUT2D eigenvalue weighted by Gasteiger charge is 2.32. The van der Waals surface area contributed by atoms with E-state index in [1.54, 1.807) is 5.56 Å².